The first-order chi connectivity index (χ1) is 13.0. The van der Waals surface area contributed by atoms with Crippen LogP contribution in [0.15, 0.2) is 52.9 Å². The van der Waals surface area contributed by atoms with Gasteiger partial charge in [-0.15, -0.1) is 10.2 Å². The highest BCUT2D eigenvalue weighted by atomic mass is 16.4. The summed E-state index contributed by atoms with van der Waals surface area (Å²) in [6.45, 7) is 6.16. The van der Waals surface area contributed by atoms with Crippen LogP contribution in [0.25, 0.3) is 22.9 Å². The van der Waals surface area contributed by atoms with E-state index in [0.717, 1.165) is 29.5 Å². The van der Waals surface area contributed by atoms with E-state index in [1.807, 2.05) is 60.4 Å². The number of amides is 1. The van der Waals surface area contributed by atoms with E-state index in [1.54, 1.807) is 0 Å². The largest absolute Gasteiger partial charge is 0.416 e. The third-order valence-electron chi connectivity index (χ3n) is 4.80. The zero-order chi connectivity index (χ0) is 19.0. The normalized spacial score (nSPS) is 13.8. The number of hydrogen-bond donors (Lipinski definition) is 0. The number of carbonyl (C=O) groups is 1. The highest BCUT2D eigenvalue weighted by molar-refractivity contribution is 5.95. The molecular weight excluding hydrogens is 338 g/mol. The summed E-state index contributed by atoms with van der Waals surface area (Å²) in [5, 5.41) is 8.31. The number of nitrogens with zero attached hydrogens (tertiary/aromatic N) is 3. The Hall–Kier alpha value is -2.95. The lowest BCUT2D eigenvalue weighted by Crippen LogP contribution is -2.38. The van der Waals surface area contributed by atoms with Crippen LogP contribution in [0.4, 0.5) is 0 Å². The lowest BCUT2D eigenvalue weighted by atomic mass is 10.1. The molecule has 2 aromatic carbocycles. The van der Waals surface area contributed by atoms with Crippen molar-refractivity contribution >= 4 is 5.91 Å². The average Bonchev–Trinajstić information content (AvgIpc) is 3.35. The molecule has 4 rings (SSSR count). The number of carbonyl (C=O) groups excluding carboxylic acids is 1. The van der Waals surface area contributed by atoms with Crippen molar-refractivity contribution in [1.82, 2.24) is 15.1 Å². The predicted octanol–water partition coefficient (Wildman–Crippen LogP) is 4.73. The van der Waals surface area contributed by atoms with E-state index in [2.05, 4.69) is 24.0 Å². The summed E-state index contributed by atoms with van der Waals surface area (Å²) in [6.07, 6.45) is 2.21. The van der Waals surface area contributed by atoms with Crippen molar-refractivity contribution in [3.05, 3.63) is 59.7 Å². The monoisotopic (exact) mass is 361 g/mol. The Morgan fingerprint density at radius 1 is 1.04 bits per heavy atom. The Morgan fingerprint density at radius 2 is 1.70 bits per heavy atom. The van der Waals surface area contributed by atoms with Crippen LogP contribution in [0.2, 0.25) is 0 Å². The third-order valence-corrected chi connectivity index (χ3v) is 4.80. The smallest absolute Gasteiger partial charge is 0.254 e. The highest BCUT2D eigenvalue weighted by Gasteiger charge is 2.34. The van der Waals surface area contributed by atoms with Gasteiger partial charge in [-0.1, -0.05) is 17.7 Å². The molecule has 0 radical (unpaired) electrons. The Labute approximate surface area is 159 Å². The SMILES string of the molecule is Cc1cccc(-c2nnc(-c3ccc(C(=O)N(C(C)C)C4CC4)cc3)o2)c1. The van der Waals surface area contributed by atoms with Crippen molar-refractivity contribution in [3.63, 3.8) is 0 Å². The fourth-order valence-electron chi connectivity index (χ4n) is 3.31. The van der Waals surface area contributed by atoms with Crippen molar-refractivity contribution in [3.8, 4) is 22.9 Å². The van der Waals surface area contributed by atoms with E-state index in [1.165, 1.54) is 0 Å². The summed E-state index contributed by atoms with van der Waals surface area (Å²) in [7, 11) is 0. The van der Waals surface area contributed by atoms with Gasteiger partial charge in [0.2, 0.25) is 11.8 Å². The Morgan fingerprint density at radius 3 is 2.30 bits per heavy atom. The van der Waals surface area contributed by atoms with Crippen molar-refractivity contribution < 1.29 is 9.21 Å². The molecule has 27 heavy (non-hydrogen) atoms. The van der Waals surface area contributed by atoms with Gasteiger partial charge in [0.1, 0.15) is 0 Å². The van der Waals surface area contributed by atoms with E-state index in [4.69, 9.17) is 4.42 Å². The first-order valence-corrected chi connectivity index (χ1v) is 9.36. The molecule has 0 unspecified atom stereocenters. The first-order valence-electron chi connectivity index (χ1n) is 9.36. The molecule has 0 aliphatic heterocycles. The van der Waals surface area contributed by atoms with Gasteiger partial charge in [-0.2, -0.15) is 0 Å². The van der Waals surface area contributed by atoms with Crippen LogP contribution in [0.5, 0.6) is 0 Å². The molecule has 5 nitrogen and oxygen atoms in total. The van der Waals surface area contributed by atoms with E-state index >= 15 is 0 Å². The lowest BCUT2D eigenvalue weighted by molar-refractivity contribution is 0.0690. The van der Waals surface area contributed by atoms with Gasteiger partial charge in [0.15, 0.2) is 0 Å². The van der Waals surface area contributed by atoms with Crippen molar-refractivity contribution in [2.45, 2.75) is 45.7 Å². The zero-order valence-electron chi connectivity index (χ0n) is 15.8. The predicted molar refractivity (Wildman–Crippen MR) is 104 cm³/mol. The summed E-state index contributed by atoms with van der Waals surface area (Å²) in [5.41, 5.74) is 3.54. The van der Waals surface area contributed by atoms with Gasteiger partial charge in [-0.3, -0.25) is 4.79 Å². The standard InChI is InChI=1S/C22H23N3O2/c1-14(2)25(19-11-12-19)22(26)17-9-7-16(8-10-17)20-23-24-21(27-20)18-6-4-5-15(3)13-18/h4-10,13-14,19H,11-12H2,1-3H3. The Balaban J connectivity index is 1.55. The molecule has 1 aliphatic carbocycles. The summed E-state index contributed by atoms with van der Waals surface area (Å²) >= 11 is 0. The molecule has 1 aliphatic rings. The molecule has 0 spiro atoms. The number of aryl methyl sites for hydroxylation is 1. The molecule has 0 atom stereocenters. The number of hydrogen-bond acceptors (Lipinski definition) is 4. The van der Waals surface area contributed by atoms with Gasteiger partial charge in [-0.05, 0) is 70.0 Å². The van der Waals surface area contributed by atoms with Gasteiger partial charge >= 0.3 is 0 Å². The maximum Gasteiger partial charge on any atom is 0.254 e. The van der Waals surface area contributed by atoms with Crippen LogP contribution in [0, 0.1) is 6.92 Å². The van der Waals surface area contributed by atoms with Gasteiger partial charge in [-0.25, -0.2) is 0 Å². The van der Waals surface area contributed by atoms with E-state index < -0.39 is 0 Å². The van der Waals surface area contributed by atoms with Crippen LogP contribution in [0.3, 0.4) is 0 Å². The molecule has 1 aromatic heterocycles. The number of rotatable bonds is 5. The molecule has 5 heteroatoms. The van der Waals surface area contributed by atoms with Gasteiger partial charge in [0.25, 0.3) is 5.91 Å². The molecule has 1 heterocycles. The quantitative estimate of drug-likeness (QED) is 0.659. The third kappa shape index (κ3) is 3.63. The first kappa shape index (κ1) is 17.5. The van der Waals surface area contributed by atoms with Gasteiger partial charge in [0, 0.05) is 28.8 Å². The van der Waals surface area contributed by atoms with Gasteiger partial charge < -0.3 is 9.32 Å². The molecular formula is C22H23N3O2. The second kappa shape index (κ2) is 6.99. The highest BCUT2D eigenvalue weighted by Crippen LogP contribution is 2.30. The van der Waals surface area contributed by atoms with E-state index in [-0.39, 0.29) is 11.9 Å². The molecule has 3 aromatic rings. The number of benzene rings is 2. The molecule has 1 amide bonds. The maximum absolute atomic E-state index is 12.8. The zero-order valence-corrected chi connectivity index (χ0v) is 15.8. The molecule has 138 valence electrons. The Bertz CT molecular complexity index is 954. The minimum Gasteiger partial charge on any atom is -0.416 e. The van der Waals surface area contributed by atoms with Crippen LogP contribution in [-0.2, 0) is 0 Å². The summed E-state index contributed by atoms with van der Waals surface area (Å²) in [5.74, 6) is 1.03. The average molecular weight is 361 g/mol. The molecule has 0 saturated heterocycles. The summed E-state index contributed by atoms with van der Waals surface area (Å²) in [6, 6.07) is 16.0. The van der Waals surface area contributed by atoms with Crippen LogP contribution >= 0.6 is 0 Å². The maximum atomic E-state index is 12.8. The van der Waals surface area contributed by atoms with Crippen molar-refractivity contribution in [1.29, 1.82) is 0 Å². The van der Waals surface area contributed by atoms with E-state index in [0.29, 0.717) is 23.4 Å². The molecule has 0 N–H and O–H groups in total. The number of aromatic nitrogens is 2. The summed E-state index contributed by atoms with van der Waals surface area (Å²) in [4.78, 5) is 14.8. The van der Waals surface area contributed by atoms with Crippen LogP contribution < -0.4 is 0 Å². The second-order valence-electron chi connectivity index (χ2n) is 7.40. The topological polar surface area (TPSA) is 59.2 Å². The fourth-order valence-corrected chi connectivity index (χ4v) is 3.31. The van der Waals surface area contributed by atoms with Gasteiger partial charge in [0.05, 0.1) is 0 Å². The van der Waals surface area contributed by atoms with Crippen LogP contribution in [0.1, 0.15) is 42.6 Å². The minimum absolute atomic E-state index is 0.0880. The molecule has 1 fully saturated rings. The molecule has 0 bridgehead atoms. The van der Waals surface area contributed by atoms with Crippen molar-refractivity contribution in [2.24, 2.45) is 0 Å². The lowest BCUT2D eigenvalue weighted by Gasteiger charge is -2.26. The molecule has 1 saturated carbocycles. The second-order valence-corrected chi connectivity index (χ2v) is 7.40. The summed E-state index contributed by atoms with van der Waals surface area (Å²) < 4.78 is 5.83. The minimum atomic E-state index is 0.0880. The fraction of sp³-hybridized carbons (Fsp3) is 0.318. The Kier molecular flexibility index (Phi) is 4.52. The van der Waals surface area contributed by atoms with Crippen LogP contribution in [-0.4, -0.2) is 33.1 Å². The van der Waals surface area contributed by atoms with E-state index in [9.17, 15) is 4.79 Å². The van der Waals surface area contributed by atoms with Crippen molar-refractivity contribution in [2.75, 3.05) is 0 Å².